The number of nitrogens with zero attached hydrogens (tertiary/aromatic N) is 3. The van der Waals surface area contributed by atoms with Crippen molar-refractivity contribution >= 4 is 11.7 Å². The second-order valence-corrected chi connectivity index (χ2v) is 5.48. The van der Waals surface area contributed by atoms with Crippen molar-refractivity contribution in [1.29, 1.82) is 0 Å². The summed E-state index contributed by atoms with van der Waals surface area (Å²) in [7, 11) is 0. The lowest BCUT2D eigenvalue weighted by Gasteiger charge is -2.38. The molecule has 5 heteroatoms. The van der Waals surface area contributed by atoms with Crippen LogP contribution in [0.4, 0.5) is 5.82 Å². The summed E-state index contributed by atoms with van der Waals surface area (Å²) >= 11 is 0. The van der Waals surface area contributed by atoms with Crippen molar-refractivity contribution in [2.45, 2.75) is 39.7 Å². The van der Waals surface area contributed by atoms with Gasteiger partial charge in [0.25, 0.3) is 0 Å². The van der Waals surface area contributed by atoms with Gasteiger partial charge in [-0.05, 0) is 44.7 Å². The molecule has 1 saturated heterocycles. The molecule has 0 aromatic carbocycles. The van der Waals surface area contributed by atoms with E-state index in [-0.39, 0.29) is 5.84 Å². The van der Waals surface area contributed by atoms with Gasteiger partial charge in [-0.3, -0.25) is 0 Å². The lowest BCUT2D eigenvalue weighted by molar-refractivity contribution is 0.318. The quantitative estimate of drug-likeness (QED) is 0.370. The molecule has 0 amide bonds. The maximum Gasteiger partial charge on any atom is 0.173 e. The van der Waals surface area contributed by atoms with Crippen molar-refractivity contribution in [2.75, 3.05) is 11.4 Å². The van der Waals surface area contributed by atoms with Crippen LogP contribution in [0.25, 0.3) is 0 Å². The number of pyridine rings is 1. The number of hydrogen-bond acceptors (Lipinski definition) is 4. The Morgan fingerprint density at radius 3 is 2.84 bits per heavy atom. The largest absolute Gasteiger partial charge is 0.409 e. The molecule has 0 radical (unpaired) electrons. The van der Waals surface area contributed by atoms with Crippen molar-refractivity contribution in [2.24, 2.45) is 16.8 Å². The third-order valence-corrected chi connectivity index (χ3v) is 3.81. The Labute approximate surface area is 114 Å². The van der Waals surface area contributed by atoms with E-state index in [1.54, 1.807) is 0 Å². The van der Waals surface area contributed by atoms with Gasteiger partial charge in [-0.1, -0.05) is 12.1 Å². The number of piperidine rings is 1. The van der Waals surface area contributed by atoms with Crippen LogP contribution < -0.4 is 10.6 Å². The number of aromatic nitrogens is 1. The third kappa shape index (κ3) is 2.80. The van der Waals surface area contributed by atoms with Crippen LogP contribution in [0.15, 0.2) is 17.3 Å². The monoisotopic (exact) mass is 262 g/mol. The van der Waals surface area contributed by atoms with E-state index in [1.807, 2.05) is 19.1 Å². The highest BCUT2D eigenvalue weighted by atomic mass is 16.4. The molecule has 2 atom stereocenters. The number of nitrogens with two attached hydrogens (primary N) is 1. The average molecular weight is 262 g/mol. The van der Waals surface area contributed by atoms with E-state index in [2.05, 4.69) is 28.9 Å². The first-order chi connectivity index (χ1) is 9.02. The van der Waals surface area contributed by atoms with Crippen LogP contribution >= 0.6 is 0 Å². The van der Waals surface area contributed by atoms with Crippen molar-refractivity contribution in [1.82, 2.24) is 4.98 Å². The van der Waals surface area contributed by atoms with Crippen molar-refractivity contribution < 1.29 is 5.21 Å². The van der Waals surface area contributed by atoms with Crippen LogP contribution in [0, 0.1) is 12.8 Å². The fourth-order valence-corrected chi connectivity index (χ4v) is 2.74. The summed E-state index contributed by atoms with van der Waals surface area (Å²) in [4.78, 5) is 6.86. The van der Waals surface area contributed by atoms with Gasteiger partial charge in [0.1, 0.15) is 5.82 Å². The second kappa shape index (κ2) is 5.47. The van der Waals surface area contributed by atoms with Gasteiger partial charge >= 0.3 is 0 Å². The Hall–Kier alpha value is -1.78. The molecule has 0 spiro atoms. The molecular weight excluding hydrogens is 240 g/mol. The van der Waals surface area contributed by atoms with Crippen molar-refractivity contribution in [3.05, 3.63) is 23.4 Å². The number of anilines is 1. The minimum atomic E-state index is 0.119. The Bertz CT molecular complexity index is 486. The van der Waals surface area contributed by atoms with Crippen LogP contribution in [0.2, 0.25) is 0 Å². The van der Waals surface area contributed by atoms with Gasteiger partial charge in [-0.25, -0.2) is 4.98 Å². The van der Waals surface area contributed by atoms with E-state index in [9.17, 15) is 0 Å². The maximum atomic E-state index is 8.90. The minimum absolute atomic E-state index is 0.119. The maximum absolute atomic E-state index is 8.90. The molecule has 1 aromatic heterocycles. The fourth-order valence-electron chi connectivity index (χ4n) is 2.74. The fraction of sp³-hybridized carbons (Fsp3) is 0.571. The predicted molar refractivity (Wildman–Crippen MR) is 76.7 cm³/mol. The molecule has 3 N–H and O–H groups in total. The third-order valence-electron chi connectivity index (χ3n) is 3.81. The van der Waals surface area contributed by atoms with Gasteiger partial charge < -0.3 is 15.8 Å². The topological polar surface area (TPSA) is 74.7 Å². The minimum Gasteiger partial charge on any atom is -0.409 e. The molecule has 19 heavy (non-hydrogen) atoms. The molecule has 1 aromatic rings. The summed E-state index contributed by atoms with van der Waals surface area (Å²) in [5.74, 6) is 1.69. The van der Waals surface area contributed by atoms with E-state index in [0.717, 1.165) is 36.8 Å². The summed E-state index contributed by atoms with van der Waals surface area (Å²) in [6.07, 6.45) is 2.29. The lowest BCUT2D eigenvalue weighted by atomic mass is 9.93. The Morgan fingerprint density at radius 1 is 1.47 bits per heavy atom. The van der Waals surface area contributed by atoms with Crippen LogP contribution in [0.3, 0.4) is 0 Å². The summed E-state index contributed by atoms with van der Waals surface area (Å²) in [6.45, 7) is 7.40. The molecule has 1 aliphatic heterocycles. The molecule has 2 rings (SSSR count). The highest BCUT2D eigenvalue weighted by molar-refractivity contribution is 6.01. The highest BCUT2D eigenvalue weighted by Gasteiger charge is 2.26. The van der Waals surface area contributed by atoms with E-state index in [4.69, 9.17) is 10.9 Å². The molecule has 5 nitrogen and oxygen atoms in total. The summed E-state index contributed by atoms with van der Waals surface area (Å²) < 4.78 is 0. The molecule has 104 valence electrons. The van der Waals surface area contributed by atoms with Crippen LogP contribution in [0.5, 0.6) is 0 Å². The van der Waals surface area contributed by atoms with Gasteiger partial charge in [0.05, 0.1) is 5.56 Å². The smallest absolute Gasteiger partial charge is 0.173 e. The molecule has 1 aliphatic rings. The number of aryl methyl sites for hydroxylation is 1. The molecule has 1 fully saturated rings. The highest BCUT2D eigenvalue weighted by Crippen LogP contribution is 2.29. The Kier molecular flexibility index (Phi) is 3.93. The first-order valence-electron chi connectivity index (χ1n) is 6.75. The summed E-state index contributed by atoms with van der Waals surface area (Å²) in [5, 5.41) is 12.0. The molecule has 0 bridgehead atoms. The van der Waals surface area contributed by atoms with Crippen molar-refractivity contribution in [3.8, 4) is 0 Å². The first-order valence-corrected chi connectivity index (χ1v) is 6.75. The Morgan fingerprint density at radius 2 is 2.21 bits per heavy atom. The van der Waals surface area contributed by atoms with Gasteiger partial charge in [0, 0.05) is 18.3 Å². The zero-order valence-electron chi connectivity index (χ0n) is 11.8. The Balaban J connectivity index is 2.40. The van der Waals surface area contributed by atoms with Crippen LogP contribution in [-0.4, -0.2) is 28.6 Å². The molecule has 2 unspecified atom stereocenters. The normalized spacial score (nSPS) is 24.6. The van der Waals surface area contributed by atoms with Crippen LogP contribution in [-0.2, 0) is 0 Å². The van der Waals surface area contributed by atoms with Gasteiger partial charge in [0.2, 0.25) is 0 Å². The van der Waals surface area contributed by atoms with E-state index in [0.29, 0.717) is 11.6 Å². The SMILES string of the molecule is Cc1ccc(C(N)=NO)c(N2CCC(C)CC2C)n1. The first kappa shape index (κ1) is 13.6. The van der Waals surface area contributed by atoms with Crippen LogP contribution in [0.1, 0.15) is 37.9 Å². The van der Waals surface area contributed by atoms with Crippen molar-refractivity contribution in [3.63, 3.8) is 0 Å². The molecule has 0 aliphatic carbocycles. The molecule has 2 heterocycles. The van der Waals surface area contributed by atoms with Gasteiger partial charge in [-0.15, -0.1) is 0 Å². The second-order valence-electron chi connectivity index (χ2n) is 5.48. The van der Waals surface area contributed by atoms with E-state index in [1.165, 1.54) is 0 Å². The zero-order valence-corrected chi connectivity index (χ0v) is 11.8. The standard InChI is InChI=1S/C14H22N4O/c1-9-6-7-18(11(3)8-9)14-12(13(15)17-19)5-4-10(2)16-14/h4-5,9,11,19H,6-8H2,1-3H3,(H2,15,17). The number of hydrogen-bond donors (Lipinski definition) is 2. The zero-order chi connectivity index (χ0) is 14.0. The van der Waals surface area contributed by atoms with Gasteiger partial charge in [-0.2, -0.15) is 0 Å². The molecule has 0 saturated carbocycles. The molecular formula is C14H22N4O. The number of oxime groups is 1. The predicted octanol–water partition coefficient (Wildman–Crippen LogP) is 2.11. The van der Waals surface area contributed by atoms with Gasteiger partial charge in [0.15, 0.2) is 5.84 Å². The summed E-state index contributed by atoms with van der Waals surface area (Å²) in [5.41, 5.74) is 7.40. The number of amidine groups is 1. The summed E-state index contributed by atoms with van der Waals surface area (Å²) in [6, 6.07) is 4.18. The van der Waals surface area contributed by atoms with E-state index < -0.39 is 0 Å². The lowest BCUT2D eigenvalue weighted by Crippen LogP contribution is -2.42. The average Bonchev–Trinajstić information content (AvgIpc) is 2.38. The van der Waals surface area contributed by atoms with E-state index >= 15 is 0 Å². The number of rotatable bonds is 2.